The lowest BCUT2D eigenvalue weighted by atomic mass is 9.97. The number of nitrogens with zero attached hydrogens (tertiary/aromatic N) is 1. The average molecular weight is 286 g/mol. The van der Waals surface area contributed by atoms with Crippen molar-refractivity contribution in [2.45, 2.75) is 26.2 Å². The number of nitriles is 1. The largest absolute Gasteiger partial charge is 0.457 e. The normalized spacial score (nSPS) is 12.8. The zero-order valence-corrected chi connectivity index (χ0v) is 12.1. The minimum atomic E-state index is -0.589. The number of Topliss-reactive ketones (excluding diaryl/α,β-unsaturated/α-hetero) is 1. The Bertz CT molecular complexity index is 581. The molecule has 5 heteroatoms. The third-order valence-corrected chi connectivity index (χ3v) is 3.03. The Hall–Kier alpha value is -2.61. The Morgan fingerprint density at radius 1 is 1.33 bits per heavy atom. The summed E-state index contributed by atoms with van der Waals surface area (Å²) < 4.78 is 5.01. The Morgan fingerprint density at radius 3 is 2.43 bits per heavy atom. The van der Waals surface area contributed by atoms with Crippen molar-refractivity contribution in [3.05, 3.63) is 47.2 Å². The molecule has 5 nitrogen and oxygen atoms in total. The maximum atomic E-state index is 12.1. The van der Waals surface area contributed by atoms with E-state index in [1.54, 1.807) is 6.07 Å². The lowest BCUT2D eigenvalue weighted by Crippen LogP contribution is -2.21. The second-order valence-corrected chi connectivity index (χ2v) is 4.57. The summed E-state index contributed by atoms with van der Waals surface area (Å²) in [5.41, 5.74) is 6.21. The molecule has 2 N–H and O–H groups in total. The highest BCUT2D eigenvalue weighted by atomic mass is 16.5. The van der Waals surface area contributed by atoms with E-state index in [0.29, 0.717) is 6.42 Å². The van der Waals surface area contributed by atoms with Crippen LogP contribution in [0.5, 0.6) is 0 Å². The molecular formula is C16H18N2O3. The molecule has 1 rings (SSSR count). The summed E-state index contributed by atoms with van der Waals surface area (Å²) in [6.45, 7) is 2.85. The van der Waals surface area contributed by atoms with Crippen LogP contribution in [0.4, 0.5) is 0 Å². The fourth-order valence-corrected chi connectivity index (χ4v) is 1.90. The molecule has 110 valence electrons. The number of carbonyl (C=O) groups is 2. The molecule has 0 fully saturated rings. The minimum Gasteiger partial charge on any atom is -0.457 e. The maximum Gasteiger partial charge on any atom is 0.313 e. The summed E-state index contributed by atoms with van der Waals surface area (Å²) >= 11 is 0. The van der Waals surface area contributed by atoms with Crippen LogP contribution in [0.2, 0.25) is 0 Å². The van der Waals surface area contributed by atoms with Crippen LogP contribution in [0.25, 0.3) is 0 Å². The third kappa shape index (κ3) is 4.46. The maximum absolute atomic E-state index is 12.1. The Labute approximate surface area is 124 Å². The van der Waals surface area contributed by atoms with E-state index in [1.807, 2.05) is 37.3 Å². The van der Waals surface area contributed by atoms with Gasteiger partial charge in [0.05, 0.1) is 5.92 Å². The highest BCUT2D eigenvalue weighted by Crippen LogP contribution is 2.20. The first kappa shape index (κ1) is 16.4. The van der Waals surface area contributed by atoms with Crippen molar-refractivity contribution < 1.29 is 14.3 Å². The van der Waals surface area contributed by atoms with Crippen LogP contribution in [0.15, 0.2) is 41.6 Å². The molecule has 0 aliphatic rings. The molecule has 0 saturated carbocycles. The van der Waals surface area contributed by atoms with Crippen molar-refractivity contribution in [2.24, 2.45) is 5.73 Å². The first-order chi connectivity index (χ1) is 10.0. The highest BCUT2D eigenvalue weighted by molar-refractivity contribution is 6.01. The zero-order chi connectivity index (χ0) is 15.8. The van der Waals surface area contributed by atoms with Crippen molar-refractivity contribution >= 4 is 11.8 Å². The molecule has 0 aliphatic heterocycles. The summed E-state index contributed by atoms with van der Waals surface area (Å²) in [6, 6.07) is 10.9. The molecule has 0 aromatic heterocycles. The molecule has 0 bridgehead atoms. The van der Waals surface area contributed by atoms with E-state index >= 15 is 0 Å². The van der Waals surface area contributed by atoms with Gasteiger partial charge in [-0.2, -0.15) is 5.26 Å². The van der Waals surface area contributed by atoms with E-state index in [-0.39, 0.29) is 11.3 Å². The number of hydrogen-bond donors (Lipinski definition) is 1. The van der Waals surface area contributed by atoms with Gasteiger partial charge in [0.25, 0.3) is 0 Å². The molecule has 0 heterocycles. The lowest BCUT2D eigenvalue weighted by molar-refractivity contribution is -0.148. The smallest absolute Gasteiger partial charge is 0.313 e. The van der Waals surface area contributed by atoms with Crippen molar-refractivity contribution in [1.29, 1.82) is 5.26 Å². The van der Waals surface area contributed by atoms with Crippen LogP contribution in [0.3, 0.4) is 0 Å². The van der Waals surface area contributed by atoms with Gasteiger partial charge in [-0.15, -0.1) is 0 Å². The quantitative estimate of drug-likeness (QED) is 0.490. The molecule has 1 atom stereocenters. The van der Waals surface area contributed by atoms with Gasteiger partial charge in [-0.3, -0.25) is 9.59 Å². The molecule has 0 aliphatic carbocycles. The SMILES string of the molecule is CCC(C(=O)OCC(=O)/C(C#N)=C(\C)N)c1ccccc1. The van der Waals surface area contributed by atoms with Crippen molar-refractivity contribution in [2.75, 3.05) is 6.61 Å². The number of ketones is 1. The van der Waals surface area contributed by atoms with Crippen molar-refractivity contribution in [3.63, 3.8) is 0 Å². The van der Waals surface area contributed by atoms with E-state index < -0.39 is 24.3 Å². The molecule has 0 spiro atoms. The minimum absolute atomic E-state index is 0.119. The monoisotopic (exact) mass is 286 g/mol. The molecule has 21 heavy (non-hydrogen) atoms. The molecule has 0 radical (unpaired) electrons. The average Bonchev–Trinajstić information content (AvgIpc) is 2.47. The van der Waals surface area contributed by atoms with Crippen molar-refractivity contribution in [3.8, 4) is 6.07 Å². The van der Waals surface area contributed by atoms with Crippen LogP contribution in [0.1, 0.15) is 31.7 Å². The fourth-order valence-electron chi connectivity index (χ4n) is 1.90. The number of carbonyl (C=O) groups excluding carboxylic acids is 2. The van der Waals surface area contributed by atoms with Gasteiger partial charge in [-0.25, -0.2) is 0 Å². The predicted molar refractivity (Wildman–Crippen MR) is 77.9 cm³/mol. The van der Waals surface area contributed by atoms with E-state index in [1.165, 1.54) is 6.92 Å². The molecular weight excluding hydrogens is 268 g/mol. The van der Waals surface area contributed by atoms with Crippen LogP contribution < -0.4 is 5.73 Å². The number of esters is 1. The summed E-state index contributed by atoms with van der Waals surface area (Å²) in [7, 11) is 0. The van der Waals surface area contributed by atoms with Gasteiger partial charge < -0.3 is 10.5 Å². The molecule has 1 aromatic rings. The van der Waals surface area contributed by atoms with Gasteiger partial charge in [-0.1, -0.05) is 37.3 Å². The van der Waals surface area contributed by atoms with Crippen molar-refractivity contribution in [1.82, 2.24) is 0 Å². The lowest BCUT2D eigenvalue weighted by Gasteiger charge is -2.14. The van der Waals surface area contributed by atoms with E-state index in [4.69, 9.17) is 15.7 Å². The summed E-state index contributed by atoms with van der Waals surface area (Å²) in [5, 5.41) is 8.82. The molecule has 0 saturated heterocycles. The van der Waals surface area contributed by atoms with Gasteiger partial charge in [0.15, 0.2) is 6.61 Å². The summed E-state index contributed by atoms with van der Waals surface area (Å²) in [6.07, 6.45) is 0.563. The predicted octanol–water partition coefficient (Wildman–Crippen LogP) is 2.05. The van der Waals surface area contributed by atoms with Gasteiger partial charge >= 0.3 is 5.97 Å². The number of benzene rings is 1. The second kappa shape index (κ2) is 7.85. The summed E-state index contributed by atoms with van der Waals surface area (Å²) in [5.74, 6) is -1.50. The topological polar surface area (TPSA) is 93.2 Å². The Balaban J connectivity index is 2.71. The summed E-state index contributed by atoms with van der Waals surface area (Å²) in [4.78, 5) is 23.8. The van der Waals surface area contributed by atoms with Crippen LogP contribution in [-0.4, -0.2) is 18.4 Å². The number of allylic oxidation sites excluding steroid dienone is 1. The standard InChI is InChI=1S/C16H18N2O3/c1-3-13(12-7-5-4-6-8-12)16(20)21-10-15(19)14(9-17)11(2)18/h4-8,13H,3,10,18H2,1-2H3/b14-11+. The zero-order valence-electron chi connectivity index (χ0n) is 12.1. The third-order valence-electron chi connectivity index (χ3n) is 3.03. The first-order valence-electron chi connectivity index (χ1n) is 6.62. The first-order valence-corrected chi connectivity index (χ1v) is 6.62. The van der Waals surface area contributed by atoms with Crippen LogP contribution in [0, 0.1) is 11.3 Å². The van der Waals surface area contributed by atoms with Gasteiger partial charge in [0.1, 0.15) is 11.6 Å². The van der Waals surface area contributed by atoms with Crippen LogP contribution in [-0.2, 0) is 14.3 Å². The molecule has 1 unspecified atom stereocenters. The fraction of sp³-hybridized carbons (Fsp3) is 0.312. The number of nitrogens with two attached hydrogens (primary N) is 1. The van der Waals surface area contributed by atoms with E-state index in [9.17, 15) is 9.59 Å². The number of ether oxygens (including phenoxy) is 1. The van der Waals surface area contributed by atoms with Gasteiger partial charge in [0.2, 0.25) is 5.78 Å². The Morgan fingerprint density at radius 2 is 1.95 bits per heavy atom. The Kier molecular flexibility index (Phi) is 6.15. The highest BCUT2D eigenvalue weighted by Gasteiger charge is 2.22. The number of rotatable bonds is 6. The number of hydrogen-bond acceptors (Lipinski definition) is 5. The van der Waals surface area contributed by atoms with Crippen LogP contribution >= 0.6 is 0 Å². The van der Waals surface area contributed by atoms with Gasteiger partial charge in [0, 0.05) is 5.70 Å². The molecule has 1 aromatic carbocycles. The van der Waals surface area contributed by atoms with E-state index in [0.717, 1.165) is 5.56 Å². The molecule has 0 amide bonds. The van der Waals surface area contributed by atoms with Gasteiger partial charge in [-0.05, 0) is 18.9 Å². The second-order valence-electron chi connectivity index (χ2n) is 4.57. The van der Waals surface area contributed by atoms with E-state index in [2.05, 4.69) is 0 Å².